The van der Waals surface area contributed by atoms with Crippen molar-refractivity contribution in [3.05, 3.63) is 80.5 Å². The first kappa shape index (κ1) is 44.5. The molecule has 65 heavy (non-hydrogen) atoms. The number of anilines is 3. The summed E-state index contributed by atoms with van der Waals surface area (Å²) in [7, 11) is 1.51. The van der Waals surface area contributed by atoms with Gasteiger partial charge in [0.05, 0.1) is 30.5 Å². The molecule has 1 saturated carbocycles. The molecule has 0 unspecified atom stereocenters. The molecule has 2 aromatic carbocycles. The third kappa shape index (κ3) is 8.89. The van der Waals surface area contributed by atoms with Crippen LogP contribution < -0.4 is 31.1 Å². The quantitative estimate of drug-likeness (QED) is 0.151. The fraction of sp³-hybridized carbons (Fsp3) is 0.511. The minimum absolute atomic E-state index is 0.0300. The number of benzene rings is 2. The first-order valence-electron chi connectivity index (χ1n) is 22.7. The molecule has 3 saturated heterocycles. The zero-order valence-corrected chi connectivity index (χ0v) is 37.8. The fourth-order valence-electron chi connectivity index (χ4n) is 10.3. The van der Waals surface area contributed by atoms with Gasteiger partial charge in [0.15, 0.2) is 18.2 Å². The maximum atomic E-state index is 16.1. The van der Waals surface area contributed by atoms with Crippen LogP contribution in [0.25, 0.3) is 10.9 Å². The molecule has 2 aromatic heterocycles. The van der Waals surface area contributed by atoms with Crippen molar-refractivity contribution in [1.82, 2.24) is 35.0 Å². The number of piperidine rings is 3. The standard InChI is InChI=1S/C47H55ClFN9O7/c1-25(2)58-37-8-5-29(18-28(37)19-39(46(58)63)64-24-41(60)50-4)52-43-36(48)22-51-47(54-43)55-14-12-31(13-15-55)65-32-20-30(21-32)56-16-11-27(17-26(56)3)33-6-7-34-35(42(33)49)23-57(45(34)62)38-9-10-40(59)53-44(38)61/h5-8,18-19,22,25-27,30-32,38H,9-17,20-21,23-24H2,1-4H3,(H,50,60)(H,51,52,54)(H,53,59,61)/t26-,27+,30?,32?,38+/m1/s1. The second-order valence-electron chi connectivity index (χ2n) is 18.3. The van der Waals surface area contributed by atoms with Gasteiger partial charge in [0.2, 0.25) is 17.8 Å². The predicted octanol–water partition coefficient (Wildman–Crippen LogP) is 5.58. The van der Waals surface area contributed by atoms with Gasteiger partial charge in [0, 0.05) is 66.9 Å². The minimum atomic E-state index is -0.774. The maximum Gasteiger partial charge on any atom is 0.293 e. The molecular formula is C47H55ClFN9O7. The molecule has 4 fully saturated rings. The lowest BCUT2D eigenvalue weighted by Gasteiger charge is -2.49. The van der Waals surface area contributed by atoms with E-state index in [0.717, 1.165) is 69.1 Å². The van der Waals surface area contributed by atoms with Gasteiger partial charge in [-0.15, -0.1) is 0 Å². The Bertz CT molecular complexity index is 2590. The van der Waals surface area contributed by atoms with Gasteiger partial charge in [-0.1, -0.05) is 17.7 Å². The van der Waals surface area contributed by atoms with Crippen LogP contribution in [-0.2, 0) is 25.7 Å². The minimum Gasteiger partial charge on any atom is -0.478 e. The molecule has 9 rings (SSSR count). The van der Waals surface area contributed by atoms with E-state index >= 15 is 4.39 Å². The fourth-order valence-corrected chi connectivity index (χ4v) is 10.4. The average Bonchev–Trinajstić information content (AvgIpc) is 3.61. The van der Waals surface area contributed by atoms with Crippen LogP contribution in [0.15, 0.2) is 47.4 Å². The van der Waals surface area contributed by atoms with E-state index < -0.39 is 11.9 Å². The number of nitrogens with one attached hydrogen (secondary N) is 3. The highest BCUT2D eigenvalue weighted by Crippen LogP contribution is 2.41. The monoisotopic (exact) mass is 911 g/mol. The summed E-state index contributed by atoms with van der Waals surface area (Å²) in [6.45, 7) is 8.13. The van der Waals surface area contributed by atoms with Crippen LogP contribution in [0, 0.1) is 5.82 Å². The normalized spacial score (nSPS) is 24.0. The Morgan fingerprint density at radius 2 is 1.78 bits per heavy atom. The molecule has 0 bridgehead atoms. The number of likely N-dealkylation sites (tertiary alicyclic amines) is 1. The summed E-state index contributed by atoms with van der Waals surface area (Å²) < 4.78 is 30.0. The van der Waals surface area contributed by atoms with E-state index in [1.807, 2.05) is 32.0 Å². The molecule has 5 aliphatic rings. The van der Waals surface area contributed by atoms with E-state index in [2.05, 4.69) is 37.7 Å². The highest BCUT2D eigenvalue weighted by Gasteiger charge is 2.43. The van der Waals surface area contributed by atoms with Crippen molar-refractivity contribution in [2.75, 3.05) is 43.5 Å². The Kier molecular flexibility index (Phi) is 12.6. The number of fused-ring (bicyclic) bond motifs is 2. The number of aromatic nitrogens is 3. The van der Waals surface area contributed by atoms with Crippen molar-refractivity contribution >= 4 is 63.6 Å². The number of carbonyl (C=O) groups is 4. The summed E-state index contributed by atoms with van der Waals surface area (Å²) in [5, 5.41) is 9.24. The van der Waals surface area contributed by atoms with E-state index in [0.29, 0.717) is 45.2 Å². The number of nitrogens with zero attached hydrogens (tertiary/aromatic N) is 6. The van der Waals surface area contributed by atoms with Crippen molar-refractivity contribution in [1.29, 1.82) is 0 Å². The van der Waals surface area contributed by atoms with Crippen LogP contribution in [-0.4, -0.2) is 112 Å². The number of carbonyl (C=O) groups excluding carboxylic acids is 4. The van der Waals surface area contributed by atoms with Gasteiger partial charge in [-0.3, -0.25) is 34.2 Å². The molecular weight excluding hydrogens is 857 g/mol. The van der Waals surface area contributed by atoms with Crippen molar-refractivity contribution in [2.45, 2.75) is 121 Å². The molecule has 4 aromatic rings. The van der Waals surface area contributed by atoms with E-state index in [9.17, 15) is 24.0 Å². The number of ether oxygens (including phenoxy) is 2. The first-order valence-corrected chi connectivity index (χ1v) is 23.1. The van der Waals surface area contributed by atoms with Gasteiger partial charge in [0.25, 0.3) is 17.4 Å². The van der Waals surface area contributed by atoms with Crippen molar-refractivity contribution in [2.24, 2.45) is 0 Å². The highest BCUT2D eigenvalue weighted by molar-refractivity contribution is 6.33. The van der Waals surface area contributed by atoms with Crippen LogP contribution >= 0.6 is 11.6 Å². The van der Waals surface area contributed by atoms with Gasteiger partial charge in [-0.2, -0.15) is 4.98 Å². The maximum absolute atomic E-state index is 16.1. The lowest BCUT2D eigenvalue weighted by molar-refractivity contribution is -0.137. The number of rotatable bonds is 12. The summed E-state index contributed by atoms with van der Waals surface area (Å²) in [5.74, 6) is -0.764. The molecule has 4 aliphatic heterocycles. The Balaban J connectivity index is 0.757. The number of amides is 4. The van der Waals surface area contributed by atoms with E-state index in [1.165, 1.54) is 11.9 Å². The van der Waals surface area contributed by atoms with Gasteiger partial charge in [-0.05, 0) is 114 Å². The number of hydrogen-bond acceptors (Lipinski definition) is 12. The van der Waals surface area contributed by atoms with Crippen LogP contribution in [0.1, 0.15) is 106 Å². The summed E-state index contributed by atoms with van der Waals surface area (Å²) in [6, 6.07) is 10.5. The van der Waals surface area contributed by atoms with E-state index in [1.54, 1.807) is 29.0 Å². The lowest BCUT2D eigenvalue weighted by atomic mass is 9.80. The predicted molar refractivity (Wildman–Crippen MR) is 242 cm³/mol. The summed E-state index contributed by atoms with van der Waals surface area (Å²) in [4.78, 5) is 77.9. The van der Waals surface area contributed by atoms with Crippen LogP contribution in [0.5, 0.6) is 5.75 Å². The topological polar surface area (TPSA) is 180 Å². The highest BCUT2D eigenvalue weighted by atomic mass is 35.5. The number of pyridine rings is 1. The van der Waals surface area contributed by atoms with Crippen LogP contribution in [0.3, 0.4) is 0 Å². The molecule has 18 heteroatoms. The molecule has 1 aliphatic carbocycles. The third-order valence-electron chi connectivity index (χ3n) is 13.8. The average molecular weight is 912 g/mol. The molecule has 0 spiro atoms. The SMILES string of the molecule is CNC(=O)COc1cc2cc(Nc3nc(N4CCC(OC5CC(N6CC[C@H](c7ccc8c(c7F)CN([C@H]7CCC(=O)NC7=O)C8=O)C[C@H]6C)C5)CC4)ncc3Cl)ccc2n(C(C)C)c1=O. The summed E-state index contributed by atoms with van der Waals surface area (Å²) in [6.07, 6.45) is 7.56. The van der Waals surface area contributed by atoms with Gasteiger partial charge in [-0.25, -0.2) is 9.37 Å². The zero-order chi connectivity index (χ0) is 45.7. The van der Waals surface area contributed by atoms with E-state index in [-0.39, 0.29) is 91.1 Å². The Morgan fingerprint density at radius 1 is 1.00 bits per heavy atom. The van der Waals surface area contributed by atoms with Crippen molar-refractivity contribution < 1.29 is 33.0 Å². The van der Waals surface area contributed by atoms with Crippen molar-refractivity contribution in [3.63, 3.8) is 0 Å². The molecule has 16 nitrogen and oxygen atoms in total. The Labute approximate surface area is 381 Å². The first-order chi connectivity index (χ1) is 31.3. The van der Waals surface area contributed by atoms with Crippen LogP contribution in [0.4, 0.5) is 21.8 Å². The largest absolute Gasteiger partial charge is 0.478 e. The number of imide groups is 1. The Hall–Kier alpha value is -5.65. The number of likely N-dealkylation sites (N-methyl/N-ethyl adjacent to an activating group) is 1. The Morgan fingerprint density at radius 3 is 2.51 bits per heavy atom. The molecule has 3 atom stereocenters. The van der Waals surface area contributed by atoms with Gasteiger partial charge in [0.1, 0.15) is 16.9 Å². The number of hydrogen-bond donors (Lipinski definition) is 3. The van der Waals surface area contributed by atoms with Crippen LogP contribution in [0.2, 0.25) is 5.02 Å². The van der Waals surface area contributed by atoms with Gasteiger partial charge < -0.3 is 34.5 Å². The number of halogens is 2. The molecule has 6 heterocycles. The molecule has 344 valence electrons. The van der Waals surface area contributed by atoms with Crippen molar-refractivity contribution in [3.8, 4) is 5.75 Å². The summed E-state index contributed by atoms with van der Waals surface area (Å²) in [5.41, 5.74) is 2.40. The second kappa shape index (κ2) is 18.3. The van der Waals surface area contributed by atoms with E-state index in [4.69, 9.17) is 26.1 Å². The molecule has 3 N–H and O–H groups in total. The molecule has 4 amide bonds. The molecule has 0 radical (unpaired) electrons. The second-order valence-corrected chi connectivity index (χ2v) is 18.7. The third-order valence-corrected chi connectivity index (χ3v) is 14.1. The summed E-state index contributed by atoms with van der Waals surface area (Å²) >= 11 is 6.60. The lowest BCUT2D eigenvalue weighted by Crippen LogP contribution is -2.55. The van der Waals surface area contributed by atoms with Gasteiger partial charge >= 0.3 is 0 Å². The zero-order valence-electron chi connectivity index (χ0n) is 37.1. The smallest absolute Gasteiger partial charge is 0.293 e.